The molecule has 1 fully saturated rings. The second-order valence-electron chi connectivity index (χ2n) is 5.31. The summed E-state index contributed by atoms with van der Waals surface area (Å²) in [5.41, 5.74) is 1.76. The number of ether oxygens (including phenoxy) is 1. The summed E-state index contributed by atoms with van der Waals surface area (Å²) in [6.45, 7) is 3.31. The predicted octanol–water partition coefficient (Wildman–Crippen LogP) is 2.33. The highest BCUT2D eigenvalue weighted by Gasteiger charge is 2.27. The van der Waals surface area contributed by atoms with Crippen LogP contribution >= 0.6 is 0 Å². The van der Waals surface area contributed by atoms with Crippen LogP contribution in [0.2, 0.25) is 0 Å². The predicted molar refractivity (Wildman–Crippen MR) is 80.9 cm³/mol. The Morgan fingerprint density at radius 1 is 1.52 bits per heavy atom. The standard InChI is InChI=1S/C16H22N2O3/c1-3-13-11-18(8-7-15(13)17-20)16(19)10-12-5-4-6-14(9-12)21-2/h4-6,9,13,20H,3,7-8,10-11H2,1-2H3/b17-15+. The topological polar surface area (TPSA) is 62.1 Å². The van der Waals surface area contributed by atoms with E-state index in [1.807, 2.05) is 36.1 Å². The molecule has 1 aromatic rings. The second kappa shape index (κ2) is 7.11. The van der Waals surface area contributed by atoms with E-state index >= 15 is 0 Å². The van der Waals surface area contributed by atoms with Crippen molar-refractivity contribution in [3.63, 3.8) is 0 Å². The highest BCUT2D eigenvalue weighted by atomic mass is 16.5. The third kappa shape index (κ3) is 3.74. The number of amides is 1. The van der Waals surface area contributed by atoms with E-state index in [0.717, 1.165) is 23.4 Å². The minimum atomic E-state index is 0.110. The van der Waals surface area contributed by atoms with Crippen molar-refractivity contribution in [2.45, 2.75) is 26.2 Å². The number of hydrogen-bond acceptors (Lipinski definition) is 4. The van der Waals surface area contributed by atoms with Gasteiger partial charge in [-0.2, -0.15) is 0 Å². The molecule has 1 N–H and O–H groups in total. The van der Waals surface area contributed by atoms with Gasteiger partial charge in [-0.05, 0) is 24.1 Å². The smallest absolute Gasteiger partial charge is 0.227 e. The fourth-order valence-electron chi connectivity index (χ4n) is 2.71. The Morgan fingerprint density at radius 3 is 3.00 bits per heavy atom. The fraction of sp³-hybridized carbons (Fsp3) is 0.500. The van der Waals surface area contributed by atoms with E-state index < -0.39 is 0 Å². The lowest BCUT2D eigenvalue weighted by atomic mass is 9.93. The minimum absolute atomic E-state index is 0.110. The summed E-state index contributed by atoms with van der Waals surface area (Å²) >= 11 is 0. The van der Waals surface area contributed by atoms with Gasteiger partial charge in [0.15, 0.2) is 0 Å². The lowest BCUT2D eigenvalue weighted by Crippen LogP contribution is -2.44. The number of hydrogen-bond donors (Lipinski definition) is 1. The molecule has 1 atom stereocenters. The molecule has 21 heavy (non-hydrogen) atoms. The molecule has 1 aliphatic heterocycles. The first-order valence-electron chi connectivity index (χ1n) is 7.29. The van der Waals surface area contributed by atoms with Crippen LogP contribution < -0.4 is 4.74 Å². The number of piperidine rings is 1. The van der Waals surface area contributed by atoms with Crippen LogP contribution in [0.4, 0.5) is 0 Å². The number of carbonyl (C=O) groups excluding carboxylic acids is 1. The van der Waals surface area contributed by atoms with Crippen LogP contribution in [0.1, 0.15) is 25.3 Å². The molecule has 1 saturated heterocycles. The van der Waals surface area contributed by atoms with Gasteiger partial charge in [0.05, 0.1) is 19.2 Å². The van der Waals surface area contributed by atoms with Crippen molar-refractivity contribution in [3.05, 3.63) is 29.8 Å². The number of rotatable bonds is 4. The molecule has 1 aliphatic rings. The highest BCUT2D eigenvalue weighted by molar-refractivity contribution is 5.89. The molecule has 2 rings (SSSR count). The highest BCUT2D eigenvalue weighted by Crippen LogP contribution is 2.19. The van der Waals surface area contributed by atoms with E-state index in [2.05, 4.69) is 5.16 Å². The summed E-state index contributed by atoms with van der Waals surface area (Å²) in [7, 11) is 1.62. The maximum absolute atomic E-state index is 12.4. The van der Waals surface area contributed by atoms with Crippen LogP contribution in [0.3, 0.4) is 0 Å². The van der Waals surface area contributed by atoms with Crippen molar-refractivity contribution in [1.29, 1.82) is 0 Å². The van der Waals surface area contributed by atoms with Gasteiger partial charge in [-0.15, -0.1) is 0 Å². The SMILES string of the molecule is CCC1CN(C(=O)Cc2cccc(OC)c2)CC/C1=N\O. The Bertz CT molecular complexity index is 528. The molecule has 0 bridgehead atoms. The van der Waals surface area contributed by atoms with Gasteiger partial charge in [-0.25, -0.2) is 0 Å². The zero-order chi connectivity index (χ0) is 15.2. The van der Waals surface area contributed by atoms with Gasteiger partial charge >= 0.3 is 0 Å². The number of methoxy groups -OCH3 is 1. The van der Waals surface area contributed by atoms with Crippen molar-refractivity contribution in [2.24, 2.45) is 11.1 Å². The third-order valence-electron chi connectivity index (χ3n) is 4.01. The van der Waals surface area contributed by atoms with Crippen molar-refractivity contribution in [1.82, 2.24) is 4.90 Å². The monoisotopic (exact) mass is 290 g/mol. The van der Waals surface area contributed by atoms with Gasteiger partial charge in [0.1, 0.15) is 5.75 Å². The summed E-state index contributed by atoms with van der Waals surface area (Å²) in [5, 5.41) is 12.3. The molecule has 1 amide bonds. The number of nitrogens with zero attached hydrogens (tertiary/aromatic N) is 2. The maximum Gasteiger partial charge on any atom is 0.227 e. The van der Waals surface area contributed by atoms with Crippen LogP contribution in [0.5, 0.6) is 5.75 Å². The normalized spacial score (nSPS) is 20.6. The van der Waals surface area contributed by atoms with Crippen molar-refractivity contribution < 1.29 is 14.7 Å². The molecule has 0 radical (unpaired) electrons. The van der Waals surface area contributed by atoms with Gasteiger partial charge in [0.25, 0.3) is 0 Å². The first kappa shape index (κ1) is 15.4. The van der Waals surface area contributed by atoms with Crippen LogP contribution in [-0.4, -0.2) is 41.9 Å². The summed E-state index contributed by atoms with van der Waals surface area (Å²) < 4.78 is 5.18. The Hall–Kier alpha value is -2.04. The third-order valence-corrected chi connectivity index (χ3v) is 4.01. The quantitative estimate of drug-likeness (QED) is 0.684. The molecule has 1 aromatic carbocycles. The molecule has 0 aromatic heterocycles. The number of oxime groups is 1. The average molecular weight is 290 g/mol. The lowest BCUT2D eigenvalue weighted by molar-refractivity contribution is -0.131. The molecule has 1 heterocycles. The molecule has 0 aliphatic carbocycles. The number of benzene rings is 1. The second-order valence-corrected chi connectivity index (χ2v) is 5.31. The zero-order valence-electron chi connectivity index (χ0n) is 12.6. The maximum atomic E-state index is 12.4. The molecule has 5 nitrogen and oxygen atoms in total. The summed E-state index contributed by atoms with van der Waals surface area (Å²) in [6, 6.07) is 7.58. The summed E-state index contributed by atoms with van der Waals surface area (Å²) in [5.74, 6) is 1.04. The molecule has 0 spiro atoms. The van der Waals surface area contributed by atoms with Crippen LogP contribution in [0, 0.1) is 5.92 Å². The Labute approximate surface area is 125 Å². The van der Waals surface area contributed by atoms with E-state index in [-0.39, 0.29) is 11.8 Å². The van der Waals surface area contributed by atoms with Crippen molar-refractivity contribution >= 4 is 11.6 Å². The minimum Gasteiger partial charge on any atom is -0.497 e. The molecular formula is C16H22N2O3. The van der Waals surface area contributed by atoms with E-state index in [1.165, 1.54) is 0 Å². The van der Waals surface area contributed by atoms with Crippen LogP contribution in [-0.2, 0) is 11.2 Å². The first-order valence-corrected chi connectivity index (χ1v) is 7.29. The Morgan fingerprint density at radius 2 is 2.33 bits per heavy atom. The molecule has 1 unspecified atom stereocenters. The van der Waals surface area contributed by atoms with Crippen molar-refractivity contribution in [3.8, 4) is 5.75 Å². The Balaban J connectivity index is 2.00. The lowest BCUT2D eigenvalue weighted by Gasteiger charge is -2.33. The number of carbonyl (C=O) groups is 1. The van der Waals surface area contributed by atoms with Gasteiger partial charge in [0, 0.05) is 25.4 Å². The molecule has 5 heteroatoms. The van der Waals surface area contributed by atoms with E-state index in [1.54, 1.807) is 7.11 Å². The largest absolute Gasteiger partial charge is 0.497 e. The molecule has 0 saturated carbocycles. The van der Waals surface area contributed by atoms with Gasteiger partial charge in [-0.1, -0.05) is 24.2 Å². The van der Waals surface area contributed by atoms with Crippen molar-refractivity contribution in [2.75, 3.05) is 20.2 Å². The Kier molecular flexibility index (Phi) is 5.20. The van der Waals surface area contributed by atoms with Gasteiger partial charge in [0.2, 0.25) is 5.91 Å². The summed E-state index contributed by atoms with van der Waals surface area (Å²) in [4.78, 5) is 14.3. The van der Waals surface area contributed by atoms with E-state index in [4.69, 9.17) is 9.94 Å². The summed E-state index contributed by atoms with van der Waals surface area (Å²) in [6.07, 6.45) is 1.90. The molecule has 114 valence electrons. The van der Waals surface area contributed by atoms with E-state index in [0.29, 0.717) is 25.9 Å². The van der Waals surface area contributed by atoms with Crippen LogP contribution in [0.15, 0.2) is 29.4 Å². The average Bonchev–Trinajstić information content (AvgIpc) is 2.54. The fourth-order valence-corrected chi connectivity index (χ4v) is 2.71. The van der Waals surface area contributed by atoms with Gasteiger partial charge < -0.3 is 14.8 Å². The van der Waals surface area contributed by atoms with E-state index in [9.17, 15) is 4.79 Å². The van der Waals surface area contributed by atoms with Crippen LogP contribution in [0.25, 0.3) is 0 Å². The number of likely N-dealkylation sites (tertiary alicyclic amines) is 1. The first-order chi connectivity index (χ1) is 10.2. The molecular weight excluding hydrogens is 268 g/mol. The van der Waals surface area contributed by atoms with Gasteiger partial charge in [-0.3, -0.25) is 4.79 Å². The zero-order valence-corrected chi connectivity index (χ0v) is 12.6.